The molecule has 0 amide bonds. The fourth-order valence-electron chi connectivity index (χ4n) is 8.28. The Morgan fingerprint density at radius 1 is 0.318 bits per heavy atom. The molecule has 0 bridgehead atoms. The van der Waals surface area contributed by atoms with Crippen molar-refractivity contribution in [3.05, 3.63) is 48.6 Å². The van der Waals surface area contributed by atoms with Gasteiger partial charge in [-0.3, -0.25) is 14.4 Å². The number of carbonyl (C=O) groups is 3. The molecule has 0 heterocycles. The quantitative estimate of drug-likeness (QED) is 0.0262. The van der Waals surface area contributed by atoms with E-state index < -0.39 is 6.10 Å². The summed E-state index contributed by atoms with van der Waals surface area (Å²) in [6.07, 6.45) is 66.9. The van der Waals surface area contributed by atoms with Gasteiger partial charge in [0.05, 0.1) is 0 Å². The molecule has 0 N–H and O–H groups in total. The first kappa shape index (κ1) is 63.4. The van der Waals surface area contributed by atoms with Crippen molar-refractivity contribution in [1.82, 2.24) is 0 Å². The van der Waals surface area contributed by atoms with E-state index in [4.69, 9.17) is 14.2 Å². The number of unbranched alkanes of at least 4 members (excludes halogenated alkanes) is 33. The van der Waals surface area contributed by atoms with Crippen LogP contribution in [-0.4, -0.2) is 37.2 Å². The molecule has 0 aliphatic carbocycles. The number of rotatable bonds is 52. The van der Waals surface area contributed by atoms with Crippen molar-refractivity contribution in [3.8, 4) is 0 Å². The van der Waals surface area contributed by atoms with Gasteiger partial charge in [0.15, 0.2) is 6.10 Å². The molecule has 6 nitrogen and oxygen atoms in total. The van der Waals surface area contributed by atoms with E-state index in [1.165, 1.54) is 173 Å². The highest BCUT2D eigenvalue weighted by Crippen LogP contribution is 2.16. The normalized spacial score (nSPS) is 12.3. The van der Waals surface area contributed by atoms with Crippen molar-refractivity contribution in [1.29, 1.82) is 0 Å². The molecule has 1 unspecified atom stereocenters. The zero-order valence-electron chi connectivity index (χ0n) is 44.0. The Hall–Kier alpha value is -2.63. The average molecular weight is 926 g/mol. The molecule has 0 radical (unpaired) electrons. The molecular formula is C60H108O6. The third-order valence-corrected chi connectivity index (χ3v) is 12.6. The molecule has 0 aliphatic rings. The highest BCUT2D eigenvalue weighted by Gasteiger charge is 2.19. The van der Waals surface area contributed by atoms with E-state index in [1.807, 2.05) is 0 Å². The first-order chi connectivity index (χ1) is 32.5. The lowest BCUT2D eigenvalue weighted by atomic mass is 10.0. The van der Waals surface area contributed by atoms with Crippen molar-refractivity contribution < 1.29 is 28.6 Å². The van der Waals surface area contributed by atoms with Crippen molar-refractivity contribution >= 4 is 17.9 Å². The van der Waals surface area contributed by atoms with E-state index in [1.54, 1.807) is 0 Å². The summed E-state index contributed by atoms with van der Waals surface area (Å²) in [6.45, 7) is 6.52. The van der Waals surface area contributed by atoms with Gasteiger partial charge in [-0.15, -0.1) is 0 Å². The maximum Gasteiger partial charge on any atom is 0.306 e. The Morgan fingerprint density at radius 3 is 0.939 bits per heavy atom. The van der Waals surface area contributed by atoms with Crippen LogP contribution in [-0.2, 0) is 28.6 Å². The first-order valence-corrected chi connectivity index (χ1v) is 28.6. The fourth-order valence-corrected chi connectivity index (χ4v) is 8.28. The van der Waals surface area contributed by atoms with E-state index in [-0.39, 0.29) is 31.1 Å². The van der Waals surface area contributed by atoms with Gasteiger partial charge in [0.25, 0.3) is 0 Å². The highest BCUT2D eigenvalue weighted by atomic mass is 16.6. The number of allylic oxidation sites excluding steroid dienone is 8. The van der Waals surface area contributed by atoms with Crippen molar-refractivity contribution in [2.45, 2.75) is 303 Å². The summed E-state index contributed by atoms with van der Waals surface area (Å²) < 4.78 is 16.8. The Balaban J connectivity index is 4.19. The van der Waals surface area contributed by atoms with Crippen LogP contribution < -0.4 is 0 Å². The van der Waals surface area contributed by atoms with Crippen LogP contribution in [0.25, 0.3) is 0 Å². The standard InChI is InChI=1S/C60H108O6/c1-4-7-10-13-16-19-21-23-25-27-28-29-30-31-32-34-35-37-39-41-44-47-50-53-59(62)65-56-57(55-64-58(61)52-49-46-43-18-15-12-9-6-3)66-60(63)54-51-48-45-42-40-38-36-33-26-24-22-20-17-14-11-8-5-2/h8,11,17,20,24,26-28,57H,4-7,9-10,12-16,18-19,21-23,25,29-56H2,1-3H3/b11-8-,20-17-,26-24-,28-27-. The summed E-state index contributed by atoms with van der Waals surface area (Å²) in [5.41, 5.74) is 0. The molecule has 0 aromatic carbocycles. The average Bonchev–Trinajstić information content (AvgIpc) is 3.31. The summed E-state index contributed by atoms with van der Waals surface area (Å²) in [6, 6.07) is 0. The lowest BCUT2D eigenvalue weighted by Crippen LogP contribution is -2.30. The third-order valence-electron chi connectivity index (χ3n) is 12.6. The molecule has 0 aromatic rings. The van der Waals surface area contributed by atoms with Gasteiger partial charge >= 0.3 is 17.9 Å². The van der Waals surface area contributed by atoms with Crippen LogP contribution in [0.1, 0.15) is 297 Å². The Morgan fingerprint density at radius 2 is 0.591 bits per heavy atom. The fraction of sp³-hybridized carbons (Fsp3) is 0.817. The Bertz CT molecular complexity index is 1150. The summed E-state index contributed by atoms with van der Waals surface area (Å²) in [5.74, 6) is -0.879. The van der Waals surface area contributed by atoms with Gasteiger partial charge in [0.2, 0.25) is 0 Å². The molecule has 1 atom stereocenters. The SMILES string of the molecule is CC/C=C\C/C=C\C/C=C\CCCCCCCCCC(=O)OC(COC(=O)CCCCCCCCCC)COC(=O)CCCCCCCCCCCCC/C=C\CCCCCCCCCC. The van der Waals surface area contributed by atoms with Crippen LogP contribution >= 0.6 is 0 Å². The molecule has 66 heavy (non-hydrogen) atoms. The molecule has 0 spiro atoms. The Labute approximate surface area is 409 Å². The van der Waals surface area contributed by atoms with Crippen LogP contribution in [0.2, 0.25) is 0 Å². The number of ether oxygens (including phenoxy) is 3. The Kier molecular flexibility index (Phi) is 52.8. The molecule has 6 heteroatoms. The maximum atomic E-state index is 12.8. The minimum atomic E-state index is -0.775. The van der Waals surface area contributed by atoms with Gasteiger partial charge in [-0.05, 0) is 77.0 Å². The molecule has 0 saturated carbocycles. The largest absolute Gasteiger partial charge is 0.462 e. The minimum absolute atomic E-state index is 0.0752. The smallest absolute Gasteiger partial charge is 0.306 e. The summed E-state index contributed by atoms with van der Waals surface area (Å²) in [4.78, 5) is 38.0. The number of carbonyl (C=O) groups excluding carboxylic acids is 3. The summed E-state index contributed by atoms with van der Waals surface area (Å²) in [7, 11) is 0. The lowest BCUT2D eigenvalue weighted by molar-refractivity contribution is -0.167. The van der Waals surface area contributed by atoms with Crippen LogP contribution in [0.4, 0.5) is 0 Å². The topological polar surface area (TPSA) is 78.9 Å². The lowest BCUT2D eigenvalue weighted by Gasteiger charge is -2.18. The molecule has 0 aromatic heterocycles. The molecule has 0 saturated heterocycles. The molecule has 384 valence electrons. The zero-order chi connectivity index (χ0) is 47.9. The summed E-state index contributed by atoms with van der Waals surface area (Å²) in [5, 5.41) is 0. The van der Waals surface area contributed by atoms with Gasteiger partial charge in [0.1, 0.15) is 13.2 Å². The maximum absolute atomic E-state index is 12.8. The van der Waals surface area contributed by atoms with Crippen molar-refractivity contribution in [2.75, 3.05) is 13.2 Å². The van der Waals surface area contributed by atoms with Gasteiger partial charge in [0, 0.05) is 19.3 Å². The first-order valence-electron chi connectivity index (χ1n) is 28.6. The number of hydrogen-bond donors (Lipinski definition) is 0. The summed E-state index contributed by atoms with van der Waals surface area (Å²) >= 11 is 0. The van der Waals surface area contributed by atoms with Crippen LogP contribution in [0.5, 0.6) is 0 Å². The van der Waals surface area contributed by atoms with Crippen LogP contribution in [0, 0.1) is 0 Å². The predicted octanol–water partition coefficient (Wildman–Crippen LogP) is 19.0. The highest BCUT2D eigenvalue weighted by molar-refractivity contribution is 5.71. The second-order valence-electron chi connectivity index (χ2n) is 19.2. The van der Waals surface area contributed by atoms with Crippen LogP contribution in [0.3, 0.4) is 0 Å². The number of hydrogen-bond acceptors (Lipinski definition) is 6. The second-order valence-corrected chi connectivity index (χ2v) is 19.2. The molecule has 0 rings (SSSR count). The second kappa shape index (κ2) is 55.0. The van der Waals surface area contributed by atoms with Gasteiger partial charge in [-0.1, -0.05) is 249 Å². The molecule has 0 aliphatic heterocycles. The van der Waals surface area contributed by atoms with E-state index >= 15 is 0 Å². The van der Waals surface area contributed by atoms with E-state index in [0.717, 1.165) is 83.5 Å². The monoisotopic (exact) mass is 925 g/mol. The van der Waals surface area contributed by atoms with E-state index in [2.05, 4.69) is 69.4 Å². The van der Waals surface area contributed by atoms with Crippen LogP contribution in [0.15, 0.2) is 48.6 Å². The van der Waals surface area contributed by atoms with Crippen molar-refractivity contribution in [2.24, 2.45) is 0 Å². The minimum Gasteiger partial charge on any atom is -0.462 e. The predicted molar refractivity (Wildman–Crippen MR) is 284 cm³/mol. The van der Waals surface area contributed by atoms with E-state index in [0.29, 0.717) is 19.3 Å². The van der Waals surface area contributed by atoms with Gasteiger partial charge in [-0.2, -0.15) is 0 Å². The van der Waals surface area contributed by atoms with Gasteiger partial charge in [-0.25, -0.2) is 0 Å². The molecular weight excluding hydrogens is 817 g/mol. The van der Waals surface area contributed by atoms with E-state index in [9.17, 15) is 14.4 Å². The zero-order valence-corrected chi connectivity index (χ0v) is 44.0. The number of esters is 3. The third kappa shape index (κ3) is 52.3. The van der Waals surface area contributed by atoms with Gasteiger partial charge < -0.3 is 14.2 Å². The molecule has 0 fully saturated rings. The van der Waals surface area contributed by atoms with Crippen molar-refractivity contribution in [3.63, 3.8) is 0 Å².